The van der Waals surface area contributed by atoms with Gasteiger partial charge in [0.15, 0.2) is 17.6 Å². The molecule has 0 aliphatic carbocycles. The van der Waals surface area contributed by atoms with Gasteiger partial charge in [-0.15, -0.1) is 0 Å². The van der Waals surface area contributed by atoms with Gasteiger partial charge in [0.25, 0.3) is 0 Å². The number of rotatable bonds is 12. The van der Waals surface area contributed by atoms with E-state index in [0.29, 0.717) is 13.2 Å². The van der Waals surface area contributed by atoms with E-state index < -0.39 is 0 Å². The molecule has 1 heterocycles. The Morgan fingerprint density at radius 3 is 2.36 bits per heavy atom. The summed E-state index contributed by atoms with van der Waals surface area (Å²) >= 11 is 0. The van der Waals surface area contributed by atoms with E-state index in [4.69, 9.17) is 14.2 Å². The molecule has 0 saturated carbocycles. The second-order valence-electron chi connectivity index (χ2n) is 7.00. The number of hydrogen-bond acceptors (Lipinski definition) is 3. The lowest BCUT2D eigenvalue weighted by molar-refractivity contribution is -0.923. The summed E-state index contributed by atoms with van der Waals surface area (Å²) < 4.78 is 18.7. The number of quaternary nitrogens is 1. The Morgan fingerprint density at radius 1 is 0.960 bits per heavy atom. The topological polar surface area (TPSA) is 27.7 Å². The van der Waals surface area contributed by atoms with E-state index >= 15 is 0 Å². The first-order valence-corrected chi connectivity index (χ1v) is 10.0. The molecular weight excluding hydrogens is 314 g/mol. The van der Waals surface area contributed by atoms with Gasteiger partial charge in [0, 0.05) is 6.61 Å². The first-order chi connectivity index (χ1) is 12.2. The average Bonchev–Trinajstić information content (AvgIpc) is 2.67. The van der Waals surface area contributed by atoms with Crippen molar-refractivity contribution < 1.29 is 18.7 Å². The molecule has 0 amide bonds. The minimum absolute atomic E-state index is 0.00600. The fourth-order valence-corrected chi connectivity index (χ4v) is 3.51. The van der Waals surface area contributed by atoms with Crippen LogP contribution in [0, 0.1) is 0 Å². The van der Waals surface area contributed by atoms with Gasteiger partial charge < -0.3 is 18.7 Å². The van der Waals surface area contributed by atoms with Crippen LogP contribution >= 0.6 is 0 Å². The smallest absolute Gasteiger partial charge is 0.161 e. The quantitative estimate of drug-likeness (QED) is 0.416. The Morgan fingerprint density at radius 2 is 1.64 bits per heavy atom. The molecule has 25 heavy (non-hydrogen) atoms. The maximum absolute atomic E-state index is 5.90. The molecule has 4 heteroatoms. The summed E-state index contributed by atoms with van der Waals surface area (Å²) in [5.74, 6) is 1.66. The maximum atomic E-state index is 5.90. The van der Waals surface area contributed by atoms with Crippen LogP contribution in [-0.4, -0.2) is 56.6 Å². The Hall–Kier alpha value is -1.26. The predicted molar refractivity (Wildman–Crippen MR) is 102 cm³/mol. The fraction of sp³-hybridized carbons (Fsp3) is 0.714. The first kappa shape index (κ1) is 20.1. The van der Waals surface area contributed by atoms with Crippen molar-refractivity contribution in [1.29, 1.82) is 0 Å². The molecule has 1 unspecified atom stereocenters. The zero-order valence-electron chi connectivity index (χ0n) is 16.3. The van der Waals surface area contributed by atoms with E-state index in [2.05, 4.69) is 20.8 Å². The van der Waals surface area contributed by atoms with Crippen LogP contribution in [0.3, 0.4) is 0 Å². The van der Waals surface area contributed by atoms with Gasteiger partial charge in [-0.05, 0) is 52.2 Å². The van der Waals surface area contributed by atoms with E-state index in [0.717, 1.165) is 24.5 Å². The summed E-state index contributed by atoms with van der Waals surface area (Å²) in [5, 5.41) is 0. The molecule has 0 bridgehead atoms. The molecule has 1 aromatic carbocycles. The standard InChI is InChI=1S/C21H36NO3/c1-4-22(5-2,6-3)15-11-7-8-12-16-23-17-19-18-24-20-13-9-10-14-21(20)25-19/h9-10,13-14,19H,4-8,11-12,15-18H2,1-3H3/q+1. The first-order valence-electron chi connectivity index (χ1n) is 10.0. The maximum Gasteiger partial charge on any atom is 0.161 e. The van der Waals surface area contributed by atoms with Gasteiger partial charge >= 0.3 is 0 Å². The number of benzene rings is 1. The van der Waals surface area contributed by atoms with Crippen molar-refractivity contribution in [2.45, 2.75) is 52.6 Å². The van der Waals surface area contributed by atoms with Crippen LogP contribution in [0.15, 0.2) is 24.3 Å². The Balaban J connectivity index is 1.50. The zero-order chi connectivity index (χ0) is 18.0. The lowest BCUT2D eigenvalue weighted by Crippen LogP contribution is -2.48. The largest absolute Gasteiger partial charge is 0.486 e. The fourth-order valence-electron chi connectivity index (χ4n) is 3.51. The molecule has 2 rings (SSSR count). The zero-order valence-corrected chi connectivity index (χ0v) is 16.3. The van der Waals surface area contributed by atoms with Gasteiger partial charge in [0.1, 0.15) is 6.61 Å². The molecular formula is C21H36NO3+. The minimum atomic E-state index is 0.00600. The third kappa shape index (κ3) is 6.19. The van der Waals surface area contributed by atoms with Crippen LogP contribution in [0.25, 0.3) is 0 Å². The van der Waals surface area contributed by atoms with Crippen molar-refractivity contribution >= 4 is 0 Å². The summed E-state index contributed by atoms with van der Waals surface area (Å²) in [7, 11) is 0. The number of unbranched alkanes of at least 4 members (excludes halogenated alkanes) is 3. The molecule has 0 fully saturated rings. The SMILES string of the molecule is CC[N+](CC)(CC)CCCCCCOCC1COc2ccccc2O1. The lowest BCUT2D eigenvalue weighted by Gasteiger charge is -2.35. The third-order valence-electron chi connectivity index (χ3n) is 5.55. The molecule has 4 nitrogen and oxygen atoms in total. The van der Waals surface area contributed by atoms with E-state index in [-0.39, 0.29) is 6.10 Å². The number of ether oxygens (including phenoxy) is 3. The molecule has 1 aliphatic rings. The highest BCUT2D eigenvalue weighted by molar-refractivity contribution is 5.40. The van der Waals surface area contributed by atoms with E-state index in [1.165, 1.54) is 49.9 Å². The summed E-state index contributed by atoms with van der Waals surface area (Å²) in [5.41, 5.74) is 0. The van der Waals surface area contributed by atoms with E-state index in [1.807, 2.05) is 24.3 Å². The molecule has 0 saturated heterocycles. The van der Waals surface area contributed by atoms with Gasteiger partial charge in [0.2, 0.25) is 0 Å². The Labute approximate surface area is 153 Å². The van der Waals surface area contributed by atoms with Crippen LogP contribution < -0.4 is 9.47 Å². The molecule has 142 valence electrons. The number of fused-ring (bicyclic) bond motifs is 1. The van der Waals surface area contributed by atoms with Gasteiger partial charge in [0.05, 0.1) is 32.8 Å². The molecule has 1 aliphatic heterocycles. The molecule has 0 radical (unpaired) electrons. The highest BCUT2D eigenvalue weighted by Gasteiger charge is 2.21. The van der Waals surface area contributed by atoms with Crippen molar-refractivity contribution in [3.63, 3.8) is 0 Å². The van der Waals surface area contributed by atoms with Crippen molar-refractivity contribution in [3.05, 3.63) is 24.3 Å². The second kappa shape index (κ2) is 10.7. The third-order valence-corrected chi connectivity index (χ3v) is 5.55. The van der Waals surface area contributed by atoms with Crippen LogP contribution in [0.2, 0.25) is 0 Å². The van der Waals surface area contributed by atoms with E-state index in [9.17, 15) is 0 Å². The normalized spacial score (nSPS) is 16.8. The predicted octanol–water partition coefficient (Wildman–Crippen LogP) is 4.28. The number of para-hydroxylation sites is 2. The average molecular weight is 351 g/mol. The Bertz CT molecular complexity index is 480. The van der Waals surface area contributed by atoms with Crippen LogP contribution in [0.5, 0.6) is 11.5 Å². The van der Waals surface area contributed by atoms with Crippen molar-refractivity contribution in [2.24, 2.45) is 0 Å². The highest BCUT2D eigenvalue weighted by Crippen LogP contribution is 2.30. The van der Waals surface area contributed by atoms with Crippen molar-refractivity contribution in [3.8, 4) is 11.5 Å². The minimum Gasteiger partial charge on any atom is -0.486 e. The van der Waals surface area contributed by atoms with Gasteiger partial charge in [-0.2, -0.15) is 0 Å². The van der Waals surface area contributed by atoms with Crippen molar-refractivity contribution in [1.82, 2.24) is 0 Å². The van der Waals surface area contributed by atoms with Crippen LogP contribution in [0.1, 0.15) is 46.5 Å². The summed E-state index contributed by atoms with van der Waals surface area (Å²) in [6.45, 7) is 14.0. The molecule has 0 spiro atoms. The van der Waals surface area contributed by atoms with Gasteiger partial charge in [-0.25, -0.2) is 0 Å². The van der Waals surface area contributed by atoms with E-state index in [1.54, 1.807) is 0 Å². The Kier molecular flexibility index (Phi) is 8.56. The van der Waals surface area contributed by atoms with Gasteiger partial charge in [-0.3, -0.25) is 0 Å². The summed E-state index contributed by atoms with van der Waals surface area (Å²) in [6.07, 6.45) is 5.02. The monoisotopic (exact) mass is 350 g/mol. The van der Waals surface area contributed by atoms with Crippen molar-refractivity contribution in [2.75, 3.05) is 46.0 Å². The number of hydrogen-bond donors (Lipinski definition) is 0. The second-order valence-corrected chi connectivity index (χ2v) is 7.00. The van der Waals surface area contributed by atoms with Crippen LogP contribution in [0.4, 0.5) is 0 Å². The molecule has 1 aromatic rings. The lowest BCUT2D eigenvalue weighted by atomic mass is 10.1. The van der Waals surface area contributed by atoms with Gasteiger partial charge in [-0.1, -0.05) is 18.6 Å². The number of nitrogens with zero attached hydrogens (tertiary/aromatic N) is 1. The molecule has 0 N–H and O–H groups in total. The summed E-state index contributed by atoms with van der Waals surface area (Å²) in [6, 6.07) is 7.82. The highest BCUT2D eigenvalue weighted by atomic mass is 16.6. The van der Waals surface area contributed by atoms with Crippen LogP contribution in [-0.2, 0) is 4.74 Å². The molecule has 1 atom stereocenters. The molecule has 0 aromatic heterocycles. The summed E-state index contributed by atoms with van der Waals surface area (Å²) in [4.78, 5) is 0.